The summed E-state index contributed by atoms with van der Waals surface area (Å²) in [4.78, 5) is 0. The van der Waals surface area contributed by atoms with E-state index in [9.17, 15) is 0 Å². The summed E-state index contributed by atoms with van der Waals surface area (Å²) in [7, 11) is 0. The second-order valence-electron chi connectivity index (χ2n) is 6.54. The van der Waals surface area contributed by atoms with E-state index in [4.69, 9.17) is 0 Å². The smallest absolute Gasteiger partial charge is 0.198 e. The second-order valence-corrected chi connectivity index (χ2v) is 6.54. The summed E-state index contributed by atoms with van der Waals surface area (Å²) < 4.78 is 2.42. The maximum atomic E-state index is 2.42. The third kappa shape index (κ3) is 5.12. The molecule has 1 nitrogen and oxygen atoms in total. The van der Waals surface area contributed by atoms with E-state index in [1.807, 2.05) is 0 Å². The maximum Gasteiger partial charge on any atom is 0.212 e. The Bertz CT molecular complexity index is 559. The Morgan fingerprint density at radius 1 is 0.773 bits per heavy atom. The monoisotopic (exact) mass is 298 g/mol. The fraction of sp³-hybridized carbons (Fsp3) is 0.571. The Morgan fingerprint density at radius 3 is 2.14 bits per heavy atom. The van der Waals surface area contributed by atoms with Crippen LogP contribution >= 0.6 is 0 Å². The molecule has 1 aromatic heterocycles. The predicted molar refractivity (Wildman–Crippen MR) is 96.1 cm³/mol. The first-order valence-electron chi connectivity index (χ1n) is 9.20. The van der Waals surface area contributed by atoms with Crippen molar-refractivity contribution in [3.63, 3.8) is 0 Å². The molecule has 0 aliphatic carbocycles. The molecule has 0 amide bonds. The highest BCUT2D eigenvalue weighted by atomic mass is 14.9. The van der Waals surface area contributed by atoms with Gasteiger partial charge in [0.2, 0.25) is 5.52 Å². The summed E-state index contributed by atoms with van der Waals surface area (Å²) in [6.45, 7) is 5.63. The maximum absolute atomic E-state index is 2.42. The molecule has 0 atom stereocenters. The van der Waals surface area contributed by atoms with Crippen LogP contribution in [0.4, 0.5) is 0 Å². The van der Waals surface area contributed by atoms with E-state index in [2.05, 4.69) is 54.9 Å². The third-order valence-corrected chi connectivity index (χ3v) is 4.65. The first-order valence-corrected chi connectivity index (χ1v) is 9.20. The molecule has 0 bridgehead atoms. The van der Waals surface area contributed by atoms with E-state index >= 15 is 0 Å². The molecule has 1 heteroatoms. The lowest BCUT2D eigenvalue weighted by molar-refractivity contribution is -0.671. The van der Waals surface area contributed by atoms with E-state index in [0.717, 1.165) is 6.54 Å². The largest absolute Gasteiger partial charge is 0.212 e. The summed E-state index contributed by atoms with van der Waals surface area (Å²) in [5.74, 6) is 0. The Hall–Kier alpha value is -1.37. The van der Waals surface area contributed by atoms with Crippen molar-refractivity contribution in [1.82, 2.24) is 0 Å². The molecule has 0 radical (unpaired) electrons. The molecule has 0 aliphatic rings. The summed E-state index contributed by atoms with van der Waals surface area (Å²) in [6.07, 6.45) is 14.8. The quantitative estimate of drug-likeness (QED) is 0.376. The van der Waals surface area contributed by atoms with Crippen LogP contribution in [0.3, 0.4) is 0 Å². The SMILES string of the molecule is CCCCCCCCCCC[n+]1ccc(C)c2ccccc21. The van der Waals surface area contributed by atoms with Crippen LogP contribution in [-0.4, -0.2) is 0 Å². The highest BCUT2D eigenvalue weighted by molar-refractivity contribution is 5.78. The van der Waals surface area contributed by atoms with E-state index in [1.165, 1.54) is 74.3 Å². The van der Waals surface area contributed by atoms with Gasteiger partial charge >= 0.3 is 0 Å². The highest BCUT2D eigenvalue weighted by Crippen LogP contribution is 2.14. The fourth-order valence-corrected chi connectivity index (χ4v) is 3.22. The molecular weight excluding hydrogens is 266 g/mol. The molecule has 0 unspecified atom stereocenters. The van der Waals surface area contributed by atoms with Gasteiger partial charge in [0.15, 0.2) is 6.20 Å². The lowest BCUT2D eigenvalue weighted by Crippen LogP contribution is -2.34. The van der Waals surface area contributed by atoms with Gasteiger partial charge in [-0.1, -0.05) is 64.0 Å². The minimum Gasteiger partial charge on any atom is -0.198 e. The van der Waals surface area contributed by atoms with Crippen molar-refractivity contribution in [2.75, 3.05) is 0 Å². The molecule has 1 aromatic carbocycles. The van der Waals surface area contributed by atoms with Crippen LogP contribution < -0.4 is 4.57 Å². The van der Waals surface area contributed by atoms with Crippen molar-refractivity contribution in [1.29, 1.82) is 0 Å². The van der Waals surface area contributed by atoms with Crippen molar-refractivity contribution < 1.29 is 4.57 Å². The summed E-state index contributed by atoms with van der Waals surface area (Å²) in [5, 5.41) is 1.39. The number of benzene rings is 1. The molecule has 0 saturated heterocycles. The van der Waals surface area contributed by atoms with Gasteiger partial charge in [0, 0.05) is 23.9 Å². The molecule has 2 rings (SSSR count). The Labute approximate surface area is 136 Å². The standard InChI is InChI=1S/C21H32N/c1-3-4-5-6-7-8-9-10-13-17-22-18-16-19(2)20-14-11-12-15-21(20)22/h11-12,14-16,18H,3-10,13,17H2,1-2H3/q+1. The van der Waals surface area contributed by atoms with Gasteiger partial charge in [-0.2, -0.15) is 4.57 Å². The minimum absolute atomic E-state index is 1.15. The van der Waals surface area contributed by atoms with Crippen molar-refractivity contribution in [2.45, 2.75) is 78.2 Å². The van der Waals surface area contributed by atoms with Gasteiger partial charge in [-0.15, -0.1) is 0 Å². The Balaban J connectivity index is 1.71. The molecule has 0 spiro atoms. The summed E-state index contributed by atoms with van der Waals surface area (Å²) >= 11 is 0. The fourth-order valence-electron chi connectivity index (χ4n) is 3.22. The van der Waals surface area contributed by atoms with Gasteiger partial charge in [0.1, 0.15) is 6.54 Å². The summed E-state index contributed by atoms with van der Waals surface area (Å²) in [5.41, 5.74) is 2.75. The van der Waals surface area contributed by atoms with Gasteiger partial charge in [0.25, 0.3) is 0 Å². The van der Waals surface area contributed by atoms with Crippen LogP contribution in [0, 0.1) is 6.92 Å². The first-order chi connectivity index (χ1) is 10.8. The predicted octanol–water partition coefficient (Wildman–Crippen LogP) is 5.97. The van der Waals surface area contributed by atoms with Crippen LogP contribution in [-0.2, 0) is 6.54 Å². The summed E-state index contributed by atoms with van der Waals surface area (Å²) in [6, 6.07) is 11.0. The Morgan fingerprint density at radius 2 is 1.41 bits per heavy atom. The average Bonchev–Trinajstić information content (AvgIpc) is 2.55. The number of rotatable bonds is 10. The number of pyridine rings is 1. The zero-order valence-electron chi connectivity index (χ0n) is 14.5. The topological polar surface area (TPSA) is 3.88 Å². The molecule has 0 fully saturated rings. The second kappa shape index (κ2) is 9.61. The molecule has 22 heavy (non-hydrogen) atoms. The molecule has 120 valence electrons. The lowest BCUT2D eigenvalue weighted by Gasteiger charge is -2.04. The number of nitrogens with zero attached hydrogens (tertiary/aromatic N) is 1. The van der Waals surface area contributed by atoms with E-state index in [-0.39, 0.29) is 0 Å². The zero-order chi connectivity index (χ0) is 15.6. The minimum atomic E-state index is 1.15. The van der Waals surface area contributed by atoms with Gasteiger partial charge in [-0.05, 0) is 25.0 Å². The van der Waals surface area contributed by atoms with E-state index in [0.29, 0.717) is 0 Å². The molecular formula is C21H32N+. The highest BCUT2D eigenvalue weighted by Gasteiger charge is 2.09. The third-order valence-electron chi connectivity index (χ3n) is 4.65. The Kier molecular flexibility index (Phi) is 7.42. The van der Waals surface area contributed by atoms with Gasteiger partial charge in [-0.25, -0.2) is 0 Å². The number of aryl methyl sites for hydroxylation is 2. The number of hydrogen-bond donors (Lipinski definition) is 0. The van der Waals surface area contributed by atoms with Crippen molar-refractivity contribution in [3.8, 4) is 0 Å². The average molecular weight is 298 g/mol. The van der Waals surface area contributed by atoms with Crippen molar-refractivity contribution in [3.05, 3.63) is 42.1 Å². The number of hydrogen-bond acceptors (Lipinski definition) is 0. The van der Waals surface area contributed by atoms with Crippen LogP contribution in [0.5, 0.6) is 0 Å². The number of fused-ring (bicyclic) bond motifs is 1. The zero-order valence-corrected chi connectivity index (χ0v) is 14.5. The normalized spacial score (nSPS) is 11.2. The van der Waals surface area contributed by atoms with Crippen LogP contribution in [0.15, 0.2) is 36.5 Å². The number of unbranched alkanes of at least 4 members (excludes halogenated alkanes) is 8. The van der Waals surface area contributed by atoms with Gasteiger partial charge < -0.3 is 0 Å². The van der Waals surface area contributed by atoms with Crippen LogP contribution in [0.1, 0.15) is 70.3 Å². The lowest BCUT2D eigenvalue weighted by atomic mass is 10.1. The van der Waals surface area contributed by atoms with E-state index < -0.39 is 0 Å². The van der Waals surface area contributed by atoms with Crippen LogP contribution in [0.2, 0.25) is 0 Å². The first kappa shape index (κ1) is 17.0. The number of para-hydroxylation sites is 1. The molecule has 0 aliphatic heterocycles. The molecule has 0 N–H and O–H groups in total. The van der Waals surface area contributed by atoms with Crippen molar-refractivity contribution in [2.24, 2.45) is 0 Å². The van der Waals surface area contributed by atoms with Crippen LogP contribution in [0.25, 0.3) is 10.9 Å². The number of aromatic nitrogens is 1. The molecule has 1 heterocycles. The van der Waals surface area contributed by atoms with Gasteiger partial charge in [-0.3, -0.25) is 0 Å². The van der Waals surface area contributed by atoms with Gasteiger partial charge in [0.05, 0.1) is 0 Å². The molecule has 2 aromatic rings. The van der Waals surface area contributed by atoms with E-state index in [1.54, 1.807) is 0 Å². The molecule has 0 saturated carbocycles. The van der Waals surface area contributed by atoms with Crippen molar-refractivity contribution >= 4 is 10.9 Å².